The molecule has 2 rings (SSSR count). The zero-order chi connectivity index (χ0) is 14.2. The third-order valence-corrected chi connectivity index (χ3v) is 3.69. The van der Waals surface area contributed by atoms with Crippen molar-refractivity contribution in [3.8, 4) is 5.69 Å². The first kappa shape index (κ1) is 13.8. The molecular formula is C12H11Cl2N3O2. The van der Waals surface area contributed by atoms with Gasteiger partial charge in [0.15, 0.2) is 0 Å². The van der Waals surface area contributed by atoms with E-state index in [1.54, 1.807) is 23.7 Å². The molecule has 0 saturated carbocycles. The van der Waals surface area contributed by atoms with E-state index in [9.17, 15) is 10.1 Å². The fraction of sp³-hybridized carbons (Fsp3) is 0.250. The summed E-state index contributed by atoms with van der Waals surface area (Å²) in [5.74, 6) is 0.0667. The number of nitrogens with zero attached hydrogens (tertiary/aromatic N) is 3. The van der Waals surface area contributed by atoms with Crippen LogP contribution in [-0.2, 0) is 5.88 Å². The highest BCUT2D eigenvalue weighted by atomic mass is 35.5. The number of nitro benzene ring substituents is 1. The topological polar surface area (TPSA) is 61.0 Å². The van der Waals surface area contributed by atoms with E-state index in [1.807, 2.05) is 6.92 Å². The molecule has 5 nitrogen and oxygen atoms in total. The Hall–Kier alpha value is -1.59. The van der Waals surface area contributed by atoms with Crippen LogP contribution in [0.3, 0.4) is 0 Å². The number of aryl methyl sites for hydroxylation is 1. The van der Waals surface area contributed by atoms with E-state index >= 15 is 0 Å². The van der Waals surface area contributed by atoms with E-state index in [2.05, 4.69) is 5.10 Å². The minimum atomic E-state index is -0.449. The molecule has 0 aliphatic carbocycles. The Morgan fingerprint density at radius 3 is 2.58 bits per heavy atom. The molecule has 7 heteroatoms. The molecule has 0 saturated heterocycles. The lowest BCUT2D eigenvalue weighted by atomic mass is 10.2. The molecule has 0 aliphatic rings. The van der Waals surface area contributed by atoms with Crippen molar-refractivity contribution in [2.75, 3.05) is 0 Å². The van der Waals surface area contributed by atoms with Gasteiger partial charge in [-0.1, -0.05) is 11.6 Å². The van der Waals surface area contributed by atoms with Crippen LogP contribution in [-0.4, -0.2) is 14.7 Å². The number of rotatable bonds is 3. The summed E-state index contributed by atoms with van der Waals surface area (Å²) in [7, 11) is 0. The van der Waals surface area contributed by atoms with Gasteiger partial charge in [-0.05, 0) is 26.0 Å². The van der Waals surface area contributed by atoms with Crippen molar-refractivity contribution in [2.45, 2.75) is 19.7 Å². The van der Waals surface area contributed by atoms with Gasteiger partial charge in [0.25, 0.3) is 5.69 Å². The molecule has 0 spiro atoms. The molecule has 2 aromatic rings. The number of nitro groups is 1. The van der Waals surface area contributed by atoms with Gasteiger partial charge in [0.2, 0.25) is 0 Å². The molecule has 1 aromatic carbocycles. The Morgan fingerprint density at radius 2 is 2.11 bits per heavy atom. The summed E-state index contributed by atoms with van der Waals surface area (Å²) < 4.78 is 1.65. The molecule has 1 aromatic heterocycles. The van der Waals surface area contributed by atoms with E-state index in [4.69, 9.17) is 23.2 Å². The van der Waals surface area contributed by atoms with Gasteiger partial charge in [-0.3, -0.25) is 10.1 Å². The summed E-state index contributed by atoms with van der Waals surface area (Å²) in [4.78, 5) is 10.4. The van der Waals surface area contributed by atoms with Gasteiger partial charge >= 0.3 is 0 Å². The molecular weight excluding hydrogens is 289 g/mol. The summed E-state index contributed by atoms with van der Waals surface area (Å²) in [6.45, 7) is 3.64. The fourth-order valence-corrected chi connectivity index (χ4v) is 2.20. The third kappa shape index (κ3) is 2.43. The van der Waals surface area contributed by atoms with E-state index in [0.717, 1.165) is 5.69 Å². The van der Waals surface area contributed by atoms with Crippen molar-refractivity contribution in [3.63, 3.8) is 0 Å². The number of hydrogen-bond acceptors (Lipinski definition) is 3. The van der Waals surface area contributed by atoms with Crippen molar-refractivity contribution >= 4 is 28.9 Å². The van der Waals surface area contributed by atoms with E-state index in [0.29, 0.717) is 22.0 Å². The number of halogens is 2. The van der Waals surface area contributed by atoms with Crippen molar-refractivity contribution in [3.05, 3.63) is 50.3 Å². The van der Waals surface area contributed by atoms with Crippen LogP contribution < -0.4 is 0 Å². The van der Waals surface area contributed by atoms with Gasteiger partial charge in [-0.15, -0.1) is 11.6 Å². The summed E-state index contributed by atoms with van der Waals surface area (Å²) in [6, 6.07) is 4.71. The Labute approximate surface area is 119 Å². The quantitative estimate of drug-likeness (QED) is 0.492. The van der Waals surface area contributed by atoms with Crippen LogP contribution in [0.25, 0.3) is 5.69 Å². The first-order valence-corrected chi connectivity index (χ1v) is 6.42. The van der Waals surface area contributed by atoms with Crippen molar-refractivity contribution in [1.82, 2.24) is 9.78 Å². The molecule has 0 atom stereocenters. The van der Waals surface area contributed by atoms with Crippen molar-refractivity contribution in [1.29, 1.82) is 0 Å². The largest absolute Gasteiger partial charge is 0.273 e. The summed E-state index contributed by atoms with van der Waals surface area (Å²) in [5.41, 5.74) is 2.66. The highest BCUT2D eigenvalue weighted by Crippen LogP contribution is 2.27. The lowest BCUT2D eigenvalue weighted by Gasteiger charge is -2.06. The lowest BCUT2D eigenvalue weighted by Crippen LogP contribution is -2.01. The van der Waals surface area contributed by atoms with E-state index < -0.39 is 4.92 Å². The van der Waals surface area contributed by atoms with Crippen LogP contribution in [0.1, 0.15) is 17.0 Å². The Bertz CT molecular complexity index is 653. The highest BCUT2D eigenvalue weighted by molar-refractivity contribution is 6.31. The standard InChI is InChI=1S/C12H11Cl2N3O2/c1-7-12(14)8(2)16(15-7)10-3-4-11(17(18)19)9(5-10)6-13/h3-5H,6H2,1-2H3. The third-order valence-electron chi connectivity index (χ3n) is 2.85. The zero-order valence-electron chi connectivity index (χ0n) is 10.4. The first-order valence-electron chi connectivity index (χ1n) is 5.51. The predicted octanol–water partition coefficient (Wildman–Crippen LogP) is 3.79. The molecule has 1 heterocycles. The Balaban J connectivity index is 2.58. The summed E-state index contributed by atoms with van der Waals surface area (Å²) >= 11 is 11.8. The second kappa shape index (κ2) is 5.19. The van der Waals surface area contributed by atoms with Gasteiger partial charge in [0.05, 0.1) is 32.9 Å². The fourth-order valence-electron chi connectivity index (χ4n) is 1.86. The van der Waals surface area contributed by atoms with E-state index in [-0.39, 0.29) is 11.6 Å². The second-order valence-electron chi connectivity index (χ2n) is 4.10. The van der Waals surface area contributed by atoms with Gasteiger partial charge < -0.3 is 0 Å². The van der Waals surface area contributed by atoms with Gasteiger partial charge in [-0.25, -0.2) is 4.68 Å². The van der Waals surface area contributed by atoms with Crippen LogP contribution in [0.5, 0.6) is 0 Å². The number of alkyl halides is 1. The molecule has 0 amide bonds. The maximum absolute atomic E-state index is 10.9. The SMILES string of the molecule is Cc1nn(-c2ccc([N+](=O)[O-])c(CCl)c2)c(C)c1Cl. The smallest absolute Gasteiger partial charge is 0.258 e. The van der Waals surface area contributed by atoms with Crippen LogP contribution in [0.2, 0.25) is 5.02 Å². The van der Waals surface area contributed by atoms with Gasteiger partial charge in [0, 0.05) is 11.6 Å². The molecule has 0 fully saturated rings. The molecule has 0 radical (unpaired) electrons. The minimum absolute atomic E-state index is 0.00591. The normalized spacial score (nSPS) is 10.7. The Kier molecular flexibility index (Phi) is 3.78. The average Bonchev–Trinajstić information content (AvgIpc) is 2.65. The first-order chi connectivity index (χ1) is 8.95. The van der Waals surface area contributed by atoms with Crippen molar-refractivity contribution < 1.29 is 4.92 Å². The van der Waals surface area contributed by atoms with Crippen LogP contribution >= 0.6 is 23.2 Å². The number of benzene rings is 1. The van der Waals surface area contributed by atoms with E-state index in [1.165, 1.54) is 6.07 Å². The average molecular weight is 300 g/mol. The maximum Gasteiger partial charge on any atom is 0.273 e. The number of hydrogen-bond donors (Lipinski definition) is 0. The molecule has 0 aliphatic heterocycles. The van der Waals surface area contributed by atoms with Gasteiger partial charge in [-0.2, -0.15) is 5.10 Å². The Morgan fingerprint density at radius 1 is 1.42 bits per heavy atom. The predicted molar refractivity (Wildman–Crippen MR) is 74.3 cm³/mol. The molecule has 0 unspecified atom stereocenters. The summed E-state index contributed by atoms with van der Waals surface area (Å²) in [6.07, 6.45) is 0. The van der Waals surface area contributed by atoms with Crippen LogP contribution in [0.15, 0.2) is 18.2 Å². The molecule has 0 N–H and O–H groups in total. The maximum atomic E-state index is 10.9. The zero-order valence-corrected chi connectivity index (χ0v) is 11.9. The monoisotopic (exact) mass is 299 g/mol. The molecule has 100 valence electrons. The lowest BCUT2D eigenvalue weighted by molar-refractivity contribution is -0.385. The summed E-state index contributed by atoms with van der Waals surface area (Å²) in [5, 5.41) is 15.7. The van der Waals surface area contributed by atoms with Crippen LogP contribution in [0.4, 0.5) is 5.69 Å². The molecule has 19 heavy (non-hydrogen) atoms. The molecule has 0 bridgehead atoms. The van der Waals surface area contributed by atoms with Gasteiger partial charge in [0.1, 0.15) is 0 Å². The van der Waals surface area contributed by atoms with Crippen LogP contribution in [0, 0.1) is 24.0 Å². The van der Waals surface area contributed by atoms with Crippen molar-refractivity contribution in [2.24, 2.45) is 0 Å². The number of aromatic nitrogens is 2. The second-order valence-corrected chi connectivity index (χ2v) is 4.75. The highest BCUT2D eigenvalue weighted by Gasteiger charge is 2.16. The minimum Gasteiger partial charge on any atom is -0.258 e.